The molecule has 1 heterocycles. The smallest absolute Gasteiger partial charge is 0.213 e. The number of benzene rings is 1. The van der Waals surface area contributed by atoms with Gasteiger partial charge in [-0.25, -0.2) is 0 Å². The molecule has 2 rings (SSSR count). The summed E-state index contributed by atoms with van der Waals surface area (Å²) in [4.78, 5) is 3.93. The minimum Gasteiger partial charge on any atom is -0.494 e. The molecule has 0 aliphatic heterocycles. The lowest BCUT2D eigenvalue weighted by Crippen LogP contribution is -2.13. The van der Waals surface area contributed by atoms with Gasteiger partial charge in [-0.15, -0.1) is 0 Å². The van der Waals surface area contributed by atoms with Gasteiger partial charge in [0.15, 0.2) is 5.82 Å². The van der Waals surface area contributed by atoms with Gasteiger partial charge in [0.2, 0.25) is 6.39 Å². The first-order chi connectivity index (χ1) is 8.70. The van der Waals surface area contributed by atoms with E-state index in [-0.39, 0.29) is 0 Å². The maximum atomic E-state index is 5.25. The Morgan fingerprint density at radius 3 is 2.56 bits per heavy atom. The van der Waals surface area contributed by atoms with E-state index in [2.05, 4.69) is 51.8 Å². The topological polar surface area (TPSA) is 60.2 Å². The van der Waals surface area contributed by atoms with Crippen molar-refractivity contribution in [2.24, 2.45) is 0 Å². The molecule has 0 spiro atoms. The molecule has 1 aromatic carbocycles. The number of hydrogen-bond donors (Lipinski definition) is 1. The van der Waals surface area contributed by atoms with E-state index in [1.165, 1.54) is 6.39 Å². The molecule has 18 heavy (non-hydrogen) atoms. The van der Waals surface area contributed by atoms with Crippen LogP contribution in [-0.4, -0.2) is 17.3 Å². The van der Waals surface area contributed by atoms with Crippen LogP contribution >= 0.6 is 31.9 Å². The zero-order chi connectivity index (χ0) is 13.0. The largest absolute Gasteiger partial charge is 0.494 e. The van der Waals surface area contributed by atoms with Crippen LogP contribution in [0.15, 0.2) is 32.0 Å². The fourth-order valence-electron chi connectivity index (χ4n) is 1.50. The van der Waals surface area contributed by atoms with E-state index < -0.39 is 0 Å². The van der Waals surface area contributed by atoms with Gasteiger partial charge >= 0.3 is 0 Å². The van der Waals surface area contributed by atoms with Crippen molar-refractivity contribution < 1.29 is 9.26 Å². The van der Waals surface area contributed by atoms with Gasteiger partial charge < -0.3 is 14.6 Å². The van der Waals surface area contributed by atoms with Crippen molar-refractivity contribution >= 4 is 31.9 Å². The molecule has 2 aromatic rings. The second kappa shape index (κ2) is 6.31. The molecule has 0 unspecified atom stereocenters. The molecular weight excluding hydrogens is 366 g/mol. The van der Waals surface area contributed by atoms with Gasteiger partial charge in [0.25, 0.3) is 0 Å². The summed E-state index contributed by atoms with van der Waals surface area (Å²) in [5, 5.41) is 6.95. The molecule has 1 N–H and O–H groups in total. The van der Waals surface area contributed by atoms with Crippen LogP contribution in [0.25, 0.3) is 0 Å². The Kier molecular flexibility index (Phi) is 4.73. The van der Waals surface area contributed by atoms with E-state index in [0.29, 0.717) is 18.9 Å². The van der Waals surface area contributed by atoms with Crippen LogP contribution in [0.2, 0.25) is 0 Å². The average Bonchev–Trinajstić information content (AvgIpc) is 2.82. The van der Waals surface area contributed by atoms with Crippen molar-refractivity contribution in [2.45, 2.75) is 13.1 Å². The summed E-state index contributed by atoms with van der Waals surface area (Å²) in [5.41, 5.74) is 1.12. The van der Waals surface area contributed by atoms with Crippen molar-refractivity contribution in [1.82, 2.24) is 15.5 Å². The van der Waals surface area contributed by atoms with Gasteiger partial charge in [0, 0.05) is 6.54 Å². The van der Waals surface area contributed by atoms with E-state index in [1.54, 1.807) is 7.11 Å². The van der Waals surface area contributed by atoms with E-state index in [4.69, 9.17) is 4.74 Å². The van der Waals surface area contributed by atoms with Crippen LogP contribution in [0, 0.1) is 0 Å². The van der Waals surface area contributed by atoms with E-state index in [0.717, 1.165) is 20.3 Å². The Morgan fingerprint density at radius 2 is 2.00 bits per heavy atom. The van der Waals surface area contributed by atoms with Crippen LogP contribution in [0.3, 0.4) is 0 Å². The molecule has 0 bridgehead atoms. The molecule has 0 aliphatic rings. The molecule has 0 fully saturated rings. The Morgan fingerprint density at radius 1 is 1.28 bits per heavy atom. The lowest BCUT2D eigenvalue weighted by atomic mass is 10.2. The summed E-state index contributed by atoms with van der Waals surface area (Å²) >= 11 is 6.93. The predicted octanol–water partition coefficient (Wildman–Crippen LogP) is 2.89. The normalized spacial score (nSPS) is 10.6. The summed E-state index contributed by atoms with van der Waals surface area (Å²) in [7, 11) is 1.64. The molecule has 0 saturated carbocycles. The van der Waals surface area contributed by atoms with Crippen molar-refractivity contribution in [3.63, 3.8) is 0 Å². The number of nitrogens with one attached hydrogen (secondary N) is 1. The standard InChI is InChI=1S/C11H11Br2N3O2/c1-17-11-8(12)2-7(3-9(11)13)4-14-5-10-15-6-18-16-10/h2-3,6,14H,4-5H2,1H3. The first-order valence-corrected chi connectivity index (χ1v) is 6.77. The van der Waals surface area contributed by atoms with E-state index in [9.17, 15) is 0 Å². The van der Waals surface area contributed by atoms with Gasteiger partial charge in [-0.05, 0) is 49.6 Å². The van der Waals surface area contributed by atoms with Crippen LogP contribution in [0.4, 0.5) is 0 Å². The van der Waals surface area contributed by atoms with Crippen LogP contribution in [-0.2, 0) is 13.1 Å². The number of nitrogens with zero attached hydrogens (tertiary/aromatic N) is 2. The quantitative estimate of drug-likeness (QED) is 0.869. The number of aromatic nitrogens is 2. The number of rotatable bonds is 5. The Labute approximate surface area is 121 Å². The maximum Gasteiger partial charge on any atom is 0.213 e. The molecule has 0 amide bonds. The number of methoxy groups -OCH3 is 1. The minimum atomic E-state index is 0.567. The van der Waals surface area contributed by atoms with Crippen molar-refractivity contribution in [2.75, 3.05) is 7.11 Å². The molecule has 5 nitrogen and oxygen atoms in total. The highest BCUT2D eigenvalue weighted by Gasteiger charge is 2.07. The minimum absolute atomic E-state index is 0.567. The molecular formula is C11H11Br2N3O2. The van der Waals surface area contributed by atoms with E-state index in [1.807, 2.05) is 12.1 Å². The van der Waals surface area contributed by atoms with Crippen molar-refractivity contribution in [1.29, 1.82) is 0 Å². The third-order valence-electron chi connectivity index (χ3n) is 2.28. The summed E-state index contributed by atoms with van der Waals surface area (Å²) in [6.07, 6.45) is 1.32. The zero-order valence-electron chi connectivity index (χ0n) is 9.61. The first kappa shape index (κ1) is 13.5. The third-order valence-corrected chi connectivity index (χ3v) is 3.46. The second-order valence-corrected chi connectivity index (χ2v) is 5.25. The maximum absolute atomic E-state index is 5.25. The van der Waals surface area contributed by atoms with Gasteiger partial charge in [0.1, 0.15) is 5.75 Å². The highest BCUT2D eigenvalue weighted by atomic mass is 79.9. The summed E-state index contributed by atoms with van der Waals surface area (Å²) < 4.78 is 11.7. The number of hydrogen-bond acceptors (Lipinski definition) is 5. The predicted molar refractivity (Wildman–Crippen MR) is 73.2 cm³/mol. The van der Waals surface area contributed by atoms with Crippen LogP contribution in [0.1, 0.15) is 11.4 Å². The Balaban J connectivity index is 1.97. The number of halogens is 2. The third kappa shape index (κ3) is 3.30. The van der Waals surface area contributed by atoms with Gasteiger partial charge in [-0.2, -0.15) is 4.98 Å². The van der Waals surface area contributed by atoms with Gasteiger partial charge in [-0.3, -0.25) is 0 Å². The molecule has 0 aliphatic carbocycles. The fourth-order valence-corrected chi connectivity index (χ4v) is 3.10. The monoisotopic (exact) mass is 375 g/mol. The zero-order valence-corrected chi connectivity index (χ0v) is 12.8. The summed E-state index contributed by atoms with van der Waals surface area (Å²) in [6, 6.07) is 4.01. The summed E-state index contributed by atoms with van der Waals surface area (Å²) in [6.45, 7) is 1.27. The lowest BCUT2D eigenvalue weighted by molar-refractivity contribution is 0.407. The molecule has 0 atom stereocenters. The second-order valence-electron chi connectivity index (χ2n) is 3.54. The van der Waals surface area contributed by atoms with Gasteiger partial charge in [-0.1, -0.05) is 5.16 Å². The Bertz CT molecular complexity index is 494. The van der Waals surface area contributed by atoms with Crippen molar-refractivity contribution in [3.8, 4) is 5.75 Å². The molecule has 0 radical (unpaired) electrons. The molecule has 7 heteroatoms. The first-order valence-electron chi connectivity index (χ1n) is 5.18. The van der Waals surface area contributed by atoms with Gasteiger partial charge in [0.05, 0.1) is 22.6 Å². The molecule has 1 aromatic heterocycles. The number of ether oxygens (including phenoxy) is 1. The molecule has 0 saturated heterocycles. The van der Waals surface area contributed by atoms with E-state index >= 15 is 0 Å². The lowest BCUT2D eigenvalue weighted by Gasteiger charge is -2.09. The fraction of sp³-hybridized carbons (Fsp3) is 0.273. The van der Waals surface area contributed by atoms with Crippen molar-refractivity contribution in [3.05, 3.63) is 38.9 Å². The molecule has 96 valence electrons. The van der Waals surface area contributed by atoms with Crippen LogP contribution < -0.4 is 10.1 Å². The highest BCUT2D eigenvalue weighted by Crippen LogP contribution is 2.34. The Hall–Kier alpha value is -0.920. The average molecular weight is 377 g/mol. The SMILES string of the molecule is COc1c(Br)cc(CNCc2ncon2)cc1Br. The van der Waals surface area contributed by atoms with Crippen LogP contribution in [0.5, 0.6) is 5.75 Å². The summed E-state index contributed by atoms with van der Waals surface area (Å²) in [5.74, 6) is 1.43. The highest BCUT2D eigenvalue weighted by molar-refractivity contribution is 9.11.